The molecule has 1 aliphatic rings. The maximum Gasteiger partial charge on any atom is 0.274 e. The van der Waals surface area contributed by atoms with E-state index in [0.717, 1.165) is 50.3 Å². The van der Waals surface area contributed by atoms with Crippen LogP contribution in [0.3, 0.4) is 0 Å². The van der Waals surface area contributed by atoms with Crippen molar-refractivity contribution in [3.8, 4) is 0 Å². The highest BCUT2D eigenvalue weighted by molar-refractivity contribution is 7.87. The molecule has 0 amide bonds. The Hall–Kier alpha value is -0.660. The van der Waals surface area contributed by atoms with Gasteiger partial charge in [-0.3, -0.25) is 0 Å². The summed E-state index contributed by atoms with van der Waals surface area (Å²) < 4.78 is 24.3. The molecule has 0 radical (unpaired) electrons. The van der Waals surface area contributed by atoms with Crippen LogP contribution >= 0.6 is 11.6 Å². The van der Waals surface area contributed by atoms with Crippen molar-refractivity contribution in [1.82, 2.24) is 9.62 Å². The lowest BCUT2D eigenvalue weighted by atomic mass is 9.98. The van der Waals surface area contributed by atoms with Crippen LogP contribution in [0.2, 0.25) is 5.02 Å². The molecule has 1 fully saturated rings. The van der Waals surface area contributed by atoms with Gasteiger partial charge in [0.15, 0.2) is 0 Å². The number of rotatable bonds is 7. The lowest BCUT2D eigenvalue weighted by Gasteiger charge is -2.32. The van der Waals surface area contributed by atoms with Crippen LogP contribution < -0.4 is 9.86 Å². The number of benzene rings is 1. The summed E-state index contributed by atoms with van der Waals surface area (Å²) in [6.07, 6.45) is 4.29. The quantitative estimate of drug-likeness (QED) is 0.791. The molecule has 2 rings (SSSR count). The van der Waals surface area contributed by atoms with E-state index in [2.05, 4.69) is 21.8 Å². The van der Waals surface area contributed by atoms with Gasteiger partial charge in [0, 0.05) is 18.1 Å². The van der Waals surface area contributed by atoms with Crippen molar-refractivity contribution in [2.75, 3.05) is 26.2 Å². The largest absolute Gasteiger partial charge is 0.303 e. The van der Waals surface area contributed by atoms with E-state index in [4.69, 9.17) is 16.7 Å². The molecule has 0 aliphatic carbocycles. The van der Waals surface area contributed by atoms with E-state index in [1.807, 2.05) is 12.1 Å². The van der Waals surface area contributed by atoms with E-state index in [0.29, 0.717) is 12.5 Å². The van der Waals surface area contributed by atoms with Gasteiger partial charge in [-0.05, 0) is 62.4 Å². The van der Waals surface area contributed by atoms with Gasteiger partial charge in [0.25, 0.3) is 10.2 Å². The summed E-state index contributed by atoms with van der Waals surface area (Å²) in [6.45, 7) is 3.50. The topological polar surface area (TPSA) is 75.4 Å². The molecule has 5 nitrogen and oxygen atoms in total. The fourth-order valence-electron chi connectivity index (χ4n) is 2.91. The van der Waals surface area contributed by atoms with Crippen molar-refractivity contribution in [3.63, 3.8) is 0 Å². The Morgan fingerprint density at radius 1 is 1.32 bits per heavy atom. The summed E-state index contributed by atoms with van der Waals surface area (Å²) in [5.74, 6) is 0.350. The molecule has 1 heterocycles. The van der Waals surface area contributed by atoms with Crippen LogP contribution in [-0.4, -0.2) is 39.5 Å². The zero-order valence-corrected chi connectivity index (χ0v) is 14.2. The Morgan fingerprint density at radius 3 is 2.73 bits per heavy atom. The molecule has 1 saturated heterocycles. The van der Waals surface area contributed by atoms with E-state index in [1.54, 1.807) is 0 Å². The number of halogens is 1. The Bertz CT molecular complexity index is 563. The number of aryl methyl sites for hydroxylation is 1. The van der Waals surface area contributed by atoms with Gasteiger partial charge in [0.05, 0.1) is 0 Å². The molecule has 0 spiro atoms. The Balaban J connectivity index is 1.70. The summed E-state index contributed by atoms with van der Waals surface area (Å²) in [5, 5.41) is 5.75. The van der Waals surface area contributed by atoms with Crippen LogP contribution in [0.15, 0.2) is 24.3 Å². The van der Waals surface area contributed by atoms with Crippen LogP contribution in [-0.2, 0) is 16.6 Å². The van der Waals surface area contributed by atoms with Crippen molar-refractivity contribution in [1.29, 1.82) is 0 Å². The third kappa shape index (κ3) is 6.62. The molecule has 22 heavy (non-hydrogen) atoms. The Labute approximate surface area is 138 Å². The van der Waals surface area contributed by atoms with Gasteiger partial charge in [-0.15, -0.1) is 0 Å². The maximum atomic E-state index is 11.0. The Kier molecular flexibility index (Phi) is 6.65. The summed E-state index contributed by atoms with van der Waals surface area (Å²) in [4.78, 5) is 2.41. The molecule has 0 saturated carbocycles. The fourth-order valence-corrected chi connectivity index (χ4v) is 3.51. The third-order valence-corrected chi connectivity index (χ3v) is 4.85. The first-order chi connectivity index (χ1) is 10.4. The van der Waals surface area contributed by atoms with Gasteiger partial charge in [0.1, 0.15) is 0 Å². The van der Waals surface area contributed by atoms with Crippen LogP contribution in [0.1, 0.15) is 24.8 Å². The predicted octanol–water partition coefficient (Wildman–Crippen LogP) is 1.78. The van der Waals surface area contributed by atoms with E-state index in [9.17, 15) is 8.42 Å². The average molecular weight is 346 g/mol. The molecule has 1 aromatic rings. The number of nitrogens with one attached hydrogen (secondary N) is 1. The minimum Gasteiger partial charge on any atom is -0.303 e. The minimum atomic E-state index is -3.58. The lowest BCUT2D eigenvalue weighted by Crippen LogP contribution is -2.42. The van der Waals surface area contributed by atoms with Gasteiger partial charge >= 0.3 is 0 Å². The van der Waals surface area contributed by atoms with Crippen LogP contribution in [0.5, 0.6) is 0 Å². The number of hydrogen-bond donors (Lipinski definition) is 2. The third-order valence-electron chi connectivity index (χ3n) is 4.03. The van der Waals surface area contributed by atoms with Gasteiger partial charge in [-0.2, -0.15) is 8.42 Å². The molecule has 1 atom stereocenters. The first kappa shape index (κ1) is 17.7. The molecular formula is C15H24ClN3O2S. The van der Waals surface area contributed by atoms with E-state index >= 15 is 0 Å². The number of nitrogens with zero attached hydrogens (tertiary/aromatic N) is 1. The van der Waals surface area contributed by atoms with Gasteiger partial charge in [-0.1, -0.05) is 23.7 Å². The van der Waals surface area contributed by atoms with E-state index < -0.39 is 10.2 Å². The van der Waals surface area contributed by atoms with Crippen molar-refractivity contribution in [3.05, 3.63) is 34.9 Å². The van der Waals surface area contributed by atoms with Gasteiger partial charge in [-0.25, -0.2) is 9.86 Å². The summed E-state index contributed by atoms with van der Waals surface area (Å²) in [5.41, 5.74) is 1.30. The highest BCUT2D eigenvalue weighted by Crippen LogP contribution is 2.17. The monoisotopic (exact) mass is 345 g/mol. The smallest absolute Gasteiger partial charge is 0.274 e. The van der Waals surface area contributed by atoms with Crippen LogP contribution in [0.25, 0.3) is 0 Å². The molecule has 0 aromatic heterocycles. The number of piperidine rings is 1. The number of likely N-dealkylation sites (tertiary alicyclic amines) is 1. The van der Waals surface area contributed by atoms with Crippen molar-refractivity contribution < 1.29 is 8.42 Å². The first-order valence-electron chi connectivity index (χ1n) is 7.66. The maximum absolute atomic E-state index is 11.0. The zero-order valence-electron chi connectivity index (χ0n) is 12.7. The second-order valence-electron chi connectivity index (χ2n) is 5.93. The van der Waals surface area contributed by atoms with Crippen LogP contribution in [0, 0.1) is 5.92 Å². The summed E-state index contributed by atoms with van der Waals surface area (Å²) >= 11 is 5.88. The lowest BCUT2D eigenvalue weighted by molar-refractivity contribution is 0.174. The first-order valence-corrected chi connectivity index (χ1v) is 9.59. The van der Waals surface area contributed by atoms with Crippen molar-refractivity contribution in [2.24, 2.45) is 11.1 Å². The van der Waals surface area contributed by atoms with Gasteiger partial charge < -0.3 is 4.90 Å². The number of hydrogen-bond acceptors (Lipinski definition) is 3. The number of nitrogens with two attached hydrogens (primary N) is 1. The van der Waals surface area contributed by atoms with Crippen molar-refractivity contribution >= 4 is 21.8 Å². The molecule has 0 unspecified atom stereocenters. The molecule has 3 N–H and O–H groups in total. The predicted molar refractivity (Wildman–Crippen MR) is 90.0 cm³/mol. The highest BCUT2D eigenvalue weighted by atomic mass is 35.5. The molecular weight excluding hydrogens is 322 g/mol. The fraction of sp³-hybridized carbons (Fsp3) is 0.600. The van der Waals surface area contributed by atoms with Crippen molar-refractivity contribution in [2.45, 2.75) is 25.7 Å². The standard InChI is InChI=1S/C15H24ClN3O2S/c16-15-7-5-13(6-8-15)3-1-9-19-10-2-4-14(12-19)11-18-22(17,20)21/h5-8,14,18H,1-4,9-12H2,(H2,17,20,21)/t14-/m1/s1. The molecule has 124 valence electrons. The Morgan fingerprint density at radius 2 is 2.05 bits per heavy atom. The second kappa shape index (κ2) is 8.26. The molecule has 1 aromatic carbocycles. The molecule has 1 aliphatic heterocycles. The average Bonchev–Trinajstić information content (AvgIpc) is 2.47. The minimum absolute atomic E-state index is 0.350. The SMILES string of the molecule is NS(=O)(=O)NC[C@H]1CCCN(CCCc2ccc(Cl)cc2)C1. The summed E-state index contributed by atoms with van der Waals surface area (Å²) in [6, 6.07) is 7.98. The molecule has 0 bridgehead atoms. The highest BCUT2D eigenvalue weighted by Gasteiger charge is 2.20. The van der Waals surface area contributed by atoms with E-state index in [1.165, 1.54) is 5.56 Å². The van der Waals surface area contributed by atoms with Gasteiger partial charge in [0.2, 0.25) is 0 Å². The van der Waals surface area contributed by atoms with E-state index in [-0.39, 0.29) is 0 Å². The molecule has 7 heteroatoms. The normalized spacial score (nSPS) is 20.2. The second-order valence-corrected chi connectivity index (χ2v) is 7.75. The zero-order chi connectivity index (χ0) is 16.0. The summed E-state index contributed by atoms with van der Waals surface area (Å²) in [7, 11) is -3.58. The van der Waals surface area contributed by atoms with Crippen LogP contribution in [0.4, 0.5) is 0 Å².